The van der Waals surface area contributed by atoms with Crippen molar-refractivity contribution in [1.82, 2.24) is 0 Å². The number of benzene rings is 8. The van der Waals surface area contributed by atoms with Crippen molar-refractivity contribution >= 4 is 39.0 Å². The van der Waals surface area contributed by atoms with Crippen LogP contribution in [0.5, 0.6) is 0 Å². The summed E-state index contributed by atoms with van der Waals surface area (Å²) in [5.41, 5.74) is 20.3. The zero-order valence-electron chi connectivity index (χ0n) is 32.1. The van der Waals surface area contributed by atoms with Gasteiger partial charge in [0.1, 0.15) is 11.2 Å². The maximum atomic E-state index is 6.55. The smallest absolute Gasteiger partial charge is 0.143 e. The molecule has 11 rings (SSSR count). The Morgan fingerprint density at radius 2 is 0.946 bits per heavy atom. The number of rotatable bonds is 5. The van der Waals surface area contributed by atoms with Crippen molar-refractivity contribution in [3.05, 3.63) is 198 Å². The number of fused-ring (bicyclic) bond motifs is 9. The molecule has 2 nitrogen and oxygen atoms in total. The van der Waals surface area contributed by atoms with Crippen LogP contribution in [-0.2, 0) is 10.8 Å². The molecule has 0 N–H and O–H groups in total. The molecule has 0 aliphatic heterocycles. The maximum absolute atomic E-state index is 6.55. The SMILES string of the molecule is CC1(C)c2ccccc2-c2cc(-c3ccccc3N(c3cccc(-c4cccc5c4oc4ccccc45)c3)c3ccc4c(c3)C(C)(C)c3ccccc3-4)ccc21. The first-order valence-corrected chi connectivity index (χ1v) is 19.7. The summed E-state index contributed by atoms with van der Waals surface area (Å²) >= 11 is 0. The predicted molar refractivity (Wildman–Crippen MR) is 234 cm³/mol. The molecule has 1 heterocycles. The fraction of sp³-hybridized carbons (Fsp3) is 0.111. The Bertz CT molecular complexity index is 3050. The van der Waals surface area contributed by atoms with Gasteiger partial charge in [-0.15, -0.1) is 0 Å². The van der Waals surface area contributed by atoms with Crippen molar-refractivity contribution in [3.63, 3.8) is 0 Å². The van der Waals surface area contributed by atoms with Crippen LogP contribution in [0.1, 0.15) is 49.9 Å². The molecule has 9 aromatic rings. The number of hydrogen-bond donors (Lipinski definition) is 0. The first kappa shape index (κ1) is 32.8. The lowest BCUT2D eigenvalue weighted by Crippen LogP contribution is -2.17. The molecule has 0 spiro atoms. The van der Waals surface area contributed by atoms with Gasteiger partial charge in [0.25, 0.3) is 0 Å². The van der Waals surface area contributed by atoms with Crippen molar-refractivity contribution in [2.24, 2.45) is 0 Å². The van der Waals surface area contributed by atoms with E-state index in [9.17, 15) is 0 Å². The van der Waals surface area contributed by atoms with E-state index in [1.54, 1.807) is 0 Å². The maximum Gasteiger partial charge on any atom is 0.143 e. The number of furan rings is 1. The fourth-order valence-electron chi connectivity index (χ4n) is 9.85. The molecular formula is C54H41NO. The second-order valence-corrected chi connectivity index (χ2v) is 16.5. The minimum absolute atomic E-state index is 0.0477. The second kappa shape index (κ2) is 11.9. The molecule has 2 aliphatic rings. The summed E-state index contributed by atoms with van der Waals surface area (Å²) in [6.07, 6.45) is 0. The van der Waals surface area contributed by atoms with Gasteiger partial charge >= 0.3 is 0 Å². The lowest BCUT2D eigenvalue weighted by molar-refractivity contribution is 0.660. The molecule has 0 unspecified atom stereocenters. The summed E-state index contributed by atoms with van der Waals surface area (Å²) in [5, 5.41) is 2.27. The third-order valence-electron chi connectivity index (χ3n) is 12.7. The van der Waals surface area contributed by atoms with Gasteiger partial charge in [-0.3, -0.25) is 0 Å². The quantitative estimate of drug-likeness (QED) is 0.176. The molecule has 268 valence electrons. The van der Waals surface area contributed by atoms with E-state index in [2.05, 4.69) is 202 Å². The molecule has 8 aromatic carbocycles. The molecule has 0 saturated carbocycles. The van der Waals surface area contributed by atoms with Crippen LogP contribution >= 0.6 is 0 Å². The van der Waals surface area contributed by atoms with Crippen molar-refractivity contribution in [2.45, 2.75) is 38.5 Å². The Labute approximate surface area is 328 Å². The van der Waals surface area contributed by atoms with Gasteiger partial charge < -0.3 is 9.32 Å². The van der Waals surface area contributed by atoms with E-state index in [0.29, 0.717) is 0 Å². The molecule has 0 saturated heterocycles. The summed E-state index contributed by atoms with van der Waals surface area (Å²) in [4.78, 5) is 2.46. The Balaban J connectivity index is 1.12. The Hall–Kier alpha value is -6.64. The Morgan fingerprint density at radius 1 is 0.375 bits per heavy atom. The van der Waals surface area contributed by atoms with Gasteiger partial charge in [-0.2, -0.15) is 0 Å². The molecule has 0 bridgehead atoms. The van der Waals surface area contributed by atoms with Gasteiger partial charge in [0.2, 0.25) is 0 Å². The van der Waals surface area contributed by atoms with E-state index in [1.807, 2.05) is 6.07 Å². The van der Waals surface area contributed by atoms with E-state index in [1.165, 1.54) is 55.6 Å². The summed E-state index contributed by atoms with van der Waals surface area (Å²) in [7, 11) is 0. The van der Waals surface area contributed by atoms with E-state index >= 15 is 0 Å². The first-order valence-electron chi connectivity index (χ1n) is 19.7. The Kier molecular flexibility index (Phi) is 6.98. The van der Waals surface area contributed by atoms with Gasteiger partial charge in [-0.25, -0.2) is 0 Å². The molecule has 2 aliphatic carbocycles. The van der Waals surface area contributed by atoms with Crippen LogP contribution < -0.4 is 4.90 Å². The molecule has 0 amide bonds. The fourth-order valence-corrected chi connectivity index (χ4v) is 9.85. The normalized spacial score (nSPS) is 14.4. The van der Waals surface area contributed by atoms with Crippen LogP contribution in [0.3, 0.4) is 0 Å². The third-order valence-corrected chi connectivity index (χ3v) is 12.7. The largest absolute Gasteiger partial charge is 0.455 e. The lowest BCUT2D eigenvalue weighted by atomic mass is 9.82. The van der Waals surface area contributed by atoms with Gasteiger partial charge in [0, 0.05) is 44.1 Å². The minimum Gasteiger partial charge on any atom is -0.455 e. The highest BCUT2D eigenvalue weighted by molar-refractivity contribution is 6.09. The average Bonchev–Trinajstić information content (AvgIpc) is 3.81. The summed E-state index contributed by atoms with van der Waals surface area (Å²) < 4.78 is 6.55. The summed E-state index contributed by atoms with van der Waals surface area (Å²) in [5.74, 6) is 0. The van der Waals surface area contributed by atoms with Crippen molar-refractivity contribution in [3.8, 4) is 44.5 Å². The topological polar surface area (TPSA) is 16.4 Å². The second-order valence-electron chi connectivity index (χ2n) is 16.5. The molecule has 0 radical (unpaired) electrons. The lowest BCUT2D eigenvalue weighted by Gasteiger charge is -2.30. The van der Waals surface area contributed by atoms with Crippen molar-refractivity contribution < 1.29 is 4.42 Å². The molecule has 0 fully saturated rings. The van der Waals surface area contributed by atoms with Crippen molar-refractivity contribution in [1.29, 1.82) is 0 Å². The van der Waals surface area contributed by atoms with E-state index in [0.717, 1.165) is 50.1 Å². The molecule has 56 heavy (non-hydrogen) atoms. The van der Waals surface area contributed by atoms with Crippen LogP contribution in [0.2, 0.25) is 0 Å². The molecular weight excluding hydrogens is 679 g/mol. The van der Waals surface area contributed by atoms with Crippen LogP contribution in [-0.4, -0.2) is 0 Å². The first-order chi connectivity index (χ1) is 27.3. The van der Waals surface area contributed by atoms with Crippen LogP contribution in [0, 0.1) is 0 Å². The molecule has 1 aromatic heterocycles. The van der Waals surface area contributed by atoms with Crippen molar-refractivity contribution in [2.75, 3.05) is 4.90 Å². The standard InChI is InChI=1S/C54H41NO/c1-53(2)47-24-10-6-19-41(47)45-32-35(27-30-48(45)53)38-17-7-11-25-50(38)55(37-28-29-42-40-18-5-9-23-46(40)54(3,4)49(42)33-37)36-16-13-15-34(31-36)39-21-14-22-44-43-20-8-12-26-51(43)56-52(39)44/h5-33H,1-4H3. The zero-order valence-corrected chi connectivity index (χ0v) is 32.1. The monoisotopic (exact) mass is 719 g/mol. The van der Waals surface area contributed by atoms with Crippen LogP contribution in [0.4, 0.5) is 17.1 Å². The van der Waals surface area contributed by atoms with E-state index in [-0.39, 0.29) is 10.8 Å². The van der Waals surface area contributed by atoms with Gasteiger partial charge in [0.15, 0.2) is 0 Å². The third kappa shape index (κ3) is 4.69. The predicted octanol–water partition coefficient (Wildman–Crippen LogP) is 15.0. The van der Waals surface area contributed by atoms with Gasteiger partial charge in [0.05, 0.1) is 5.69 Å². The highest BCUT2D eigenvalue weighted by atomic mass is 16.3. The number of para-hydroxylation sites is 3. The van der Waals surface area contributed by atoms with Crippen LogP contribution in [0.15, 0.2) is 180 Å². The molecule has 0 atom stereocenters. The summed E-state index contributed by atoms with van der Waals surface area (Å²) in [6.45, 7) is 9.41. The number of hydrogen-bond acceptors (Lipinski definition) is 2. The summed E-state index contributed by atoms with van der Waals surface area (Å²) in [6, 6.07) is 64.6. The highest BCUT2D eigenvalue weighted by Gasteiger charge is 2.37. The number of nitrogens with zero attached hydrogens (tertiary/aromatic N) is 1. The van der Waals surface area contributed by atoms with Gasteiger partial charge in [-0.05, 0) is 98.1 Å². The minimum atomic E-state index is -0.133. The average molecular weight is 720 g/mol. The van der Waals surface area contributed by atoms with Gasteiger partial charge in [-0.1, -0.05) is 161 Å². The Morgan fingerprint density at radius 3 is 1.77 bits per heavy atom. The highest BCUT2D eigenvalue weighted by Crippen LogP contribution is 2.53. The number of anilines is 3. The molecule has 2 heteroatoms. The zero-order chi connectivity index (χ0) is 37.8. The van der Waals surface area contributed by atoms with Crippen LogP contribution in [0.25, 0.3) is 66.4 Å². The van der Waals surface area contributed by atoms with E-state index in [4.69, 9.17) is 4.42 Å². The van der Waals surface area contributed by atoms with E-state index < -0.39 is 0 Å².